The summed E-state index contributed by atoms with van der Waals surface area (Å²) in [5.41, 5.74) is 4.46. The maximum atomic E-state index is 12.3. The summed E-state index contributed by atoms with van der Waals surface area (Å²) in [6, 6.07) is 19.4. The number of nitrogens with one attached hydrogen (secondary N) is 1. The molecule has 0 heterocycles. The van der Waals surface area contributed by atoms with E-state index in [0.29, 0.717) is 23.7 Å². The zero-order valence-corrected chi connectivity index (χ0v) is 17.1. The highest BCUT2D eigenvalue weighted by Crippen LogP contribution is 2.28. The molecular formula is C23H21N3O5. The van der Waals surface area contributed by atoms with Gasteiger partial charge in [-0.3, -0.25) is 14.9 Å². The van der Waals surface area contributed by atoms with Crippen molar-refractivity contribution in [2.24, 2.45) is 5.10 Å². The fourth-order valence-corrected chi connectivity index (χ4v) is 2.91. The first kappa shape index (κ1) is 21.5. The van der Waals surface area contributed by atoms with Crippen LogP contribution in [0.2, 0.25) is 0 Å². The zero-order valence-electron chi connectivity index (χ0n) is 17.1. The van der Waals surface area contributed by atoms with Gasteiger partial charge in [-0.2, -0.15) is 5.10 Å². The Balaban J connectivity index is 1.66. The molecule has 31 heavy (non-hydrogen) atoms. The van der Waals surface area contributed by atoms with E-state index in [9.17, 15) is 14.9 Å². The molecule has 8 heteroatoms. The lowest BCUT2D eigenvalue weighted by Gasteiger charge is -2.11. The van der Waals surface area contributed by atoms with Crippen molar-refractivity contribution >= 4 is 17.8 Å². The Morgan fingerprint density at radius 2 is 1.87 bits per heavy atom. The van der Waals surface area contributed by atoms with Gasteiger partial charge in [0.25, 0.3) is 11.6 Å². The third kappa shape index (κ3) is 5.45. The molecule has 3 rings (SSSR count). The minimum atomic E-state index is -0.535. The highest BCUT2D eigenvalue weighted by Gasteiger charge is 2.17. The average molecular weight is 419 g/mol. The van der Waals surface area contributed by atoms with E-state index in [0.717, 1.165) is 5.56 Å². The lowest BCUT2D eigenvalue weighted by Crippen LogP contribution is -2.19. The van der Waals surface area contributed by atoms with Crippen molar-refractivity contribution in [3.8, 4) is 11.5 Å². The molecule has 0 aliphatic rings. The van der Waals surface area contributed by atoms with Gasteiger partial charge in [-0.25, -0.2) is 5.43 Å². The quantitative estimate of drug-likeness (QED) is 0.334. The third-order valence-corrected chi connectivity index (χ3v) is 4.55. The normalized spacial score (nSPS) is 10.6. The van der Waals surface area contributed by atoms with Crippen molar-refractivity contribution in [3.05, 3.63) is 99.1 Å². The number of rotatable bonds is 8. The highest BCUT2D eigenvalue weighted by molar-refractivity contribution is 5.97. The summed E-state index contributed by atoms with van der Waals surface area (Å²) >= 11 is 0. The van der Waals surface area contributed by atoms with Gasteiger partial charge < -0.3 is 9.47 Å². The molecular weight excluding hydrogens is 398 g/mol. The number of carbonyl (C=O) groups excluding carboxylic acids is 1. The van der Waals surface area contributed by atoms with E-state index in [-0.39, 0.29) is 16.8 Å². The molecule has 158 valence electrons. The van der Waals surface area contributed by atoms with Crippen molar-refractivity contribution in [2.75, 3.05) is 7.11 Å². The van der Waals surface area contributed by atoms with Crippen LogP contribution in [0, 0.1) is 17.0 Å². The van der Waals surface area contributed by atoms with E-state index in [1.165, 1.54) is 31.3 Å². The van der Waals surface area contributed by atoms with Crippen molar-refractivity contribution in [1.82, 2.24) is 5.43 Å². The Bertz CT molecular complexity index is 1110. The molecule has 1 amide bonds. The van der Waals surface area contributed by atoms with Crippen LogP contribution in [0.3, 0.4) is 0 Å². The predicted octanol–water partition coefficient (Wildman–Crippen LogP) is 4.25. The Morgan fingerprint density at radius 3 is 2.58 bits per heavy atom. The van der Waals surface area contributed by atoms with Gasteiger partial charge in [0.1, 0.15) is 6.61 Å². The Kier molecular flexibility index (Phi) is 6.95. The maximum absolute atomic E-state index is 12.3. The summed E-state index contributed by atoms with van der Waals surface area (Å²) in [6.07, 6.45) is 1.45. The fraction of sp³-hybridized carbons (Fsp3) is 0.130. The van der Waals surface area contributed by atoms with Crippen LogP contribution in [-0.4, -0.2) is 24.2 Å². The summed E-state index contributed by atoms with van der Waals surface area (Å²) in [5.74, 6) is 0.577. The molecule has 3 aromatic carbocycles. The van der Waals surface area contributed by atoms with E-state index in [4.69, 9.17) is 9.47 Å². The molecule has 0 saturated carbocycles. The molecule has 0 spiro atoms. The van der Waals surface area contributed by atoms with Gasteiger partial charge in [0.2, 0.25) is 0 Å². The Hall–Kier alpha value is -4.20. The second-order valence-corrected chi connectivity index (χ2v) is 6.59. The number of nitrogens with zero attached hydrogens (tertiary/aromatic N) is 2. The van der Waals surface area contributed by atoms with Crippen molar-refractivity contribution < 1.29 is 19.2 Å². The number of carbonyl (C=O) groups is 1. The smallest absolute Gasteiger partial charge is 0.273 e. The van der Waals surface area contributed by atoms with E-state index < -0.39 is 10.8 Å². The average Bonchev–Trinajstić information content (AvgIpc) is 2.78. The van der Waals surface area contributed by atoms with Crippen molar-refractivity contribution in [2.45, 2.75) is 13.5 Å². The van der Waals surface area contributed by atoms with Crippen LogP contribution in [0.15, 0.2) is 71.8 Å². The standard InChI is InChI=1S/C23H21N3O5/c1-16-19(9-6-10-20(16)26(28)29)23(27)25-24-14-18-11-12-21(22(13-18)30-2)31-15-17-7-4-3-5-8-17/h3-14H,15H2,1-2H3,(H,25,27)/b24-14-. The number of hydrogen-bond acceptors (Lipinski definition) is 6. The number of methoxy groups -OCH3 is 1. The molecule has 3 aromatic rings. The SMILES string of the molecule is COc1cc(/C=N\NC(=O)c2cccc([N+](=O)[O-])c2C)ccc1OCc1ccccc1. The second-order valence-electron chi connectivity index (χ2n) is 6.59. The first-order chi connectivity index (χ1) is 15.0. The number of amides is 1. The molecule has 0 aliphatic heterocycles. The molecule has 0 saturated heterocycles. The van der Waals surface area contributed by atoms with Gasteiger partial charge >= 0.3 is 0 Å². The van der Waals surface area contributed by atoms with E-state index in [1.54, 1.807) is 25.3 Å². The van der Waals surface area contributed by atoms with Gasteiger partial charge in [0.15, 0.2) is 11.5 Å². The first-order valence-corrected chi connectivity index (χ1v) is 9.41. The van der Waals surface area contributed by atoms with Crippen LogP contribution < -0.4 is 14.9 Å². The van der Waals surface area contributed by atoms with Gasteiger partial charge in [-0.1, -0.05) is 36.4 Å². The topological polar surface area (TPSA) is 103 Å². The zero-order chi connectivity index (χ0) is 22.2. The molecule has 0 aliphatic carbocycles. The fourth-order valence-electron chi connectivity index (χ4n) is 2.91. The van der Waals surface area contributed by atoms with Gasteiger partial charge in [0, 0.05) is 11.6 Å². The monoisotopic (exact) mass is 419 g/mol. The second kappa shape index (κ2) is 10.0. The lowest BCUT2D eigenvalue weighted by atomic mass is 10.1. The molecule has 0 unspecified atom stereocenters. The Labute approximate surface area is 179 Å². The summed E-state index contributed by atoms with van der Waals surface area (Å²) in [7, 11) is 1.54. The Morgan fingerprint density at radius 1 is 1.10 bits per heavy atom. The molecule has 0 atom stereocenters. The van der Waals surface area contributed by atoms with Crippen LogP contribution in [0.4, 0.5) is 5.69 Å². The number of benzene rings is 3. The van der Waals surface area contributed by atoms with E-state index >= 15 is 0 Å². The van der Waals surface area contributed by atoms with Gasteiger partial charge in [0.05, 0.1) is 23.8 Å². The van der Waals surface area contributed by atoms with Crippen molar-refractivity contribution in [1.29, 1.82) is 0 Å². The third-order valence-electron chi connectivity index (χ3n) is 4.55. The molecule has 1 N–H and O–H groups in total. The maximum Gasteiger partial charge on any atom is 0.273 e. The van der Waals surface area contributed by atoms with E-state index in [1.807, 2.05) is 30.3 Å². The lowest BCUT2D eigenvalue weighted by molar-refractivity contribution is -0.385. The largest absolute Gasteiger partial charge is 0.493 e. The minimum Gasteiger partial charge on any atom is -0.493 e. The summed E-state index contributed by atoms with van der Waals surface area (Å²) in [4.78, 5) is 22.8. The molecule has 0 aromatic heterocycles. The number of hydrogen-bond donors (Lipinski definition) is 1. The van der Waals surface area contributed by atoms with Crippen LogP contribution in [-0.2, 0) is 6.61 Å². The number of ether oxygens (including phenoxy) is 2. The van der Waals surface area contributed by atoms with Gasteiger partial charge in [-0.05, 0) is 42.3 Å². The molecule has 0 bridgehead atoms. The van der Waals surface area contributed by atoms with Crippen molar-refractivity contribution in [3.63, 3.8) is 0 Å². The minimum absolute atomic E-state index is 0.118. The predicted molar refractivity (Wildman–Crippen MR) is 117 cm³/mol. The van der Waals surface area contributed by atoms with Crippen LogP contribution in [0.5, 0.6) is 11.5 Å². The highest BCUT2D eigenvalue weighted by atomic mass is 16.6. The number of hydrazone groups is 1. The van der Waals surface area contributed by atoms with Gasteiger partial charge in [-0.15, -0.1) is 0 Å². The number of nitro groups is 1. The molecule has 0 radical (unpaired) electrons. The summed E-state index contributed by atoms with van der Waals surface area (Å²) in [6.45, 7) is 1.93. The molecule has 8 nitrogen and oxygen atoms in total. The van der Waals surface area contributed by atoms with Crippen LogP contribution in [0.25, 0.3) is 0 Å². The summed E-state index contributed by atoms with van der Waals surface area (Å²) in [5, 5.41) is 15.0. The van der Waals surface area contributed by atoms with E-state index in [2.05, 4.69) is 10.5 Å². The van der Waals surface area contributed by atoms with Crippen LogP contribution in [0.1, 0.15) is 27.0 Å². The first-order valence-electron chi connectivity index (χ1n) is 9.41. The summed E-state index contributed by atoms with van der Waals surface area (Å²) < 4.78 is 11.2. The van der Waals surface area contributed by atoms with Crippen LogP contribution >= 0.6 is 0 Å². The number of nitro benzene ring substituents is 1. The molecule has 0 fully saturated rings.